The Bertz CT molecular complexity index is 262. The zero-order chi connectivity index (χ0) is 7.40. The molecule has 1 aromatic heterocycles. The van der Waals surface area contributed by atoms with Gasteiger partial charge in [0.2, 0.25) is 0 Å². The predicted octanol–water partition coefficient (Wildman–Crippen LogP) is 1.78. The lowest BCUT2D eigenvalue weighted by Crippen LogP contribution is -1.82. The molecule has 10 heavy (non-hydrogen) atoms. The molecule has 1 aromatic rings. The highest BCUT2D eigenvalue weighted by molar-refractivity contribution is 7.98. The van der Waals surface area contributed by atoms with Crippen LogP contribution in [-0.2, 0) is 0 Å². The summed E-state index contributed by atoms with van der Waals surface area (Å²) in [5.74, 6) is 2.56. The summed E-state index contributed by atoms with van der Waals surface area (Å²) in [6.45, 7) is 0. The first kappa shape index (κ1) is 7.17. The van der Waals surface area contributed by atoms with Crippen molar-refractivity contribution < 1.29 is 0 Å². The number of hydrogen-bond donors (Lipinski definition) is 0. The normalized spacial score (nSPS) is 8.80. The molecule has 0 aliphatic heterocycles. The first-order valence-corrected chi connectivity index (χ1v) is 4.06. The van der Waals surface area contributed by atoms with E-state index >= 15 is 0 Å². The molecule has 0 aromatic carbocycles. The summed E-state index contributed by atoms with van der Waals surface area (Å²) in [6, 6.07) is 3.73. The number of terminal acetylenes is 1. The van der Waals surface area contributed by atoms with Gasteiger partial charge in [-0.15, -0.1) is 18.2 Å². The maximum Gasteiger partial charge on any atom is 0.111 e. The highest BCUT2D eigenvalue weighted by Crippen LogP contribution is 2.14. The van der Waals surface area contributed by atoms with E-state index in [4.69, 9.17) is 6.42 Å². The van der Waals surface area contributed by atoms with Gasteiger partial charge in [0, 0.05) is 6.20 Å². The van der Waals surface area contributed by atoms with Crippen LogP contribution in [0.3, 0.4) is 0 Å². The molecule has 0 unspecified atom stereocenters. The van der Waals surface area contributed by atoms with Gasteiger partial charge in [0.05, 0.1) is 5.56 Å². The van der Waals surface area contributed by atoms with Crippen molar-refractivity contribution in [1.82, 2.24) is 4.98 Å². The Morgan fingerprint density at radius 2 is 2.50 bits per heavy atom. The number of hydrogen-bond acceptors (Lipinski definition) is 2. The molecule has 1 nitrogen and oxygen atoms in total. The summed E-state index contributed by atoms with van der Waals surface area (Å²) in [7, 11) is 0. The van der Waals surface area contributed by atoms with Gasteiger partial charge in [0.25, 0.3) is 0 Å². The molecular formula is C8H7NS. The Labute approximate surface area is 64.9 Å². The lowest BCUT2D eigenvalue weighted by Gasteiger charge is -1.95. The summed E-state index contributed by atoms with van der Waals surface area (Å²) < 4.78 is 0. The first-order valence-electron chi connectivity index (χ1n) is 2.84. The molecule has 0 aliphatic carbocycles. The van der Waals surface area contributed by atoms with E-state index < -0.39 is 0 Å². The van der Waals surface area contributed by atoms with E-state index in [1.54, 1.807) is 18.0 Å². The van der Waals surface area contributed by atoms with Crippen LogP contribution in [0.15, 0.2) is 23.4 Å². The molecule has 0 saturated carbocycles. The highest BCUT2D eigenvalue weighted by atomic mass is 32.2. The van der Waals surface area contributed by atoms with E-state index in [-0.39, 0.29) is 0 Å². The molecule has 2 heteroatoms. The van der Waals surface area contributed by atoms with Crippen LogP contribution in [0.4, 0.5) is 0 Å². The fourth-order valence-electron chi connectivity index (χ4n) is 0.663. The Morgan fingerprint density at radius 3 is 3.00 bits per heavy atom. The average Bonchev–Trinajstić information content (AvgIpc) is 2.04. The molecular weight excluding hydrogens is 142 g/mol. The van der Waals surface area contributed by atoms with Crippen LogP contribution < -0.4 is 0 Å². The summed E-state index contributed by atoms with van der Waals surface area (Å²) in [4.78, 5) is 4.09. The standard InChI is InChI=1S/C8H7NS/c1-3-7-5-4-6-9-8(7)10-2/h1,4-6H,2H3. The zero-order valence-electron chi connectivity index (χ0n) is 5.66. The number of nitrogens with zero attached hydrogens (tertiary/aromatic N) is 1. The molecule has 1 rings (SSSR count). The minimum absolute atomic E-state index is 0.870. The third kappa shape index (κ3) is 1.31. The van der Waals surface area contributed by atoms with Crippen LogP contribution in [0.25, 0.3) is 0 Å². The summed E-state index contributed by atoms with van der Waals surface area (Å²) >= 11 is 1.57. The highest BCUT2D eigenvalue weighted by Gasteiger charge is 1.95. The van der Waals surface area contributed by atoms with Gasteiger partial charge in [-0.1, -0.05) is 5.92 Å². The van der Waals surface area contributed by atoms with Gasteiger partial charge in [-0.25, -0.2) is 4.98 Å². The van der Waals surface area contributed by atoms with Crippen molar-refractivity contribution in [3.05, 3.63) is 23.9 Å². The van der Waals surface area contributed by atoms with Gasteiger partial charge in [-0.3, -0.25) is 0 Å². The number of aromatic nitrogens is 1. The van der Waals surface area contributed by atoms with E-state index in [9.17, 15) is 0 Å². The van der Waals surface area contributed by atoms with Crippen LogP contribution in [-0.4, -0.2) is 11.2 Å². The van der Waals surface area contributed by atoms with E-state index in [0.29, 0.717) is 0 Å². The molecule has 0 saturated heterocycles. The summed E-state index contributed by atoms with van der Waals surface area (Å²) in [5, 5.41) is 0.921. The van der Waals surface area contributed by atoms with E-state index in [1.165, 1.54) is 0 Å². The topological polar surface area (TPSA) is 12.9 Å². The Morgan fingerprint density at radius 1 is 1.70 bits per heavy atom. The fourth-order valence-corrected chi connectivity index (χ4v) is 1.18. The van der Waals surface area contributed by atoms with Crippen LogP contribution >= 0.6 is 11.8 Å². The van der Waals surface area contributed by atoms with Crippen molar-refractivity contribution in [2.24, 2.45) is 0 Å². The van der Waals surface area contributed by atoms with Gasteiger partial charge >= 0.3 is 0 Å². The quantitative estimate of drug-likeness (QED) is 0.446. The Kier molecular flexibility index (Phi) is 2.35. The number of pyridine rings is 1. The van der Waals surface area contributed by atoms with E-state index in [1.807, 2.05) is 18.4 Å². The lowest BCUT2D eigenvalue weighted by molar-refractivity contribution is 1.12. The SMILES string of the molecule is C#Cc1cccnc1SC. The van der Waals surface area contributed by atoms with Gasteiger partial charge in [-0.2, -0.15) is 0 Å². The lowest BCUT2D eigenvalue weighted by atomic mass is 10.3. The molecule has 0 atom stereocenters. The average molecular weight is 149 g/mol. The second-order valence-corrected chi connectivity index (χ2v) is 2.50. The minimum atomic E-state index is 0.870. The minimum Gasteiger partial charge on any atom is -0.249 e. The maximum absolute atomic E-state index is 5.22. The second kappa shape index (κ2) is 3.28. The number of thioether (sulfide) groups is 1. The molecule has 50 valence electrons. The van der Waals surface area contributed by atoms with Crippen molar-refractivity contribution in [2.45, 2.75) is 5.03 Å². The zero-order valence-corrected chi connectivity index (χ0v) is 6.48. The molecule has 0 radical (unpaired) electrons. The first-order chi connectivity index (χ1) is 4.88. The van der Waals surface area contributed by atoms with Gasteiger partial charge in [0.1, 0.15) is 5.03 Å². The van der Waals surface area contributed by atoms with Crippen molar-refractivity contribution in [3.8, 4) is 12.3 Å². The van der Waals surface area contributed by atoms with Crippen molar-refractivity contribution in [1.29, 1.82) is 0 Å². The maximum atomic E-state index is 5.22. The fraction of sp³-hybridized carbons (Fsp3) is 0.125. The van der Waals surface area contributed by atoms with Crippen LogP contribution in [0, 0.1) is 12.3 Å². The van der Waals surface area contributed by atoms with E-state index in [2.05, 4.69) is 10.9 Å². The molecule has 0 bridgehead atoms. The van der Waals surface area contributed by atoms with Crippen LogP contribution in [0.1, 0.15) is 5.56 Å². The largest absolute Gasteiger partial charge is 0.249 e. The molecule has 0 spiro atoms. The van der Waals surface area contributed by atoms with Crippen LogP contribution in [0.2, 0.25) is 0 Å². The monoisotopic (exact) mass is 149 g/mol. The third-order valence-electron chi connectivity index (χ3n) is 1.12. The Balaban J connectivity index is 3.12. The van der Waals surface area contributed by atoms with Gasteiger partial charge < -0.3 is 0 Å². The molecule has 0 aliphatic rings. The summed E-state index contributed by atoms with van der Waals surface area (Å²) in [5.41, 5.74) is 0.870. The van der Waals surface area contributed by atoms with Crippen LogP contribution in [0.5, 0.6) is 0 Å². The molecule has 0 amide bonds. The second-order valence-electron chi connectivity index (χ2n) is 1.70. The predicted molar refractivity (Wildman–Crippen MR) is 44.0 cm³/mol. The van der Waals surface area contributed by atoms with Crippen molar-refractivity contribution >= 4 is 11.8 Å². The van der Waals surface area contributed by atoms with Gasteiger partial charge in [-0.05, 0) is 18.4 Å². The summed E-state index contributed by atoms with van der Waals surface area (Å²) in [6.07, 6.45) is 8.93. The number of rotatable bonds is 1. The van der Waals surface area contributed by atoms with Crippen molar-refractivity contribution in [2.75, 3.05) is 6.26 Å². The molecule has 1 heterocycles. The Hall–Kier alpha value is -0.940. The van der Waals surface area contributed by atoms with Gasteiger partial charge in [0.15, 0.2) is 0 Å². The smallest absolute Gasteiger partial charge is 0.111 e. The van der Waals surface area contributed by atoms with E-state index in [0.717, 1.165) is 10.6 Å². The third-order valence-corrected chi connectivity index (χ3v) is 1.83. The molecule has 0 fully saturated rings. The molecule has 0 N–H and O–H groups in total. The van der Waals surface area contributed by atoms with Crippen molar-refractivity contribution in [3.63, 3.8) is 0 Å².